The van der Waals surface area contributed by atoms with Crippen LogP contribution in [0.4, 0.5) is 0 Å². The molecule has 1 nitrogen and oxygen atoms in total. The highest BCUT2D eigenvalue weighted by Crippen LogP contribution is 2.21. The monoisotopic (exact) mass is 250 g/mol. The summed E-state index contributed by atoms with van der Waals surface area (Å²) >= 11 is 0. The van der Waals surface area contributed by atoms with E-state index in [0.29, 0.717) is 0 Å². The summed E-state index contributed by atoms with van der Waals surface area (Å²) in [5.41, 5.74) is 2.07. The van der Waals surface area contributed by atoms with Crippen molar-refractivity contribution in [1.82, 2.24) is 0 Å². The Morgan fingerprint density at radius 2 is 1.32 bits per heavy atom. The second-order valence-electron chi connectivity index (χ2n) is 4.41. The van der Waals surface area contributed by atoms with Crippen LogP contribution in [0.5, 0.6) is 0 Å². The molecule has 0 aliphatic carbocycles. The Balaban J connectivity index is 2.11. The smallest absolute Gasteiger partial charge is 0.0972 e. The molecule has 2 rings (SSSR count). The summed E-state index contributed by atoms with van der Waals surface area (Å²) in [7, 11) is 0. The third kappa shape index (κ3) is 3.67. The van der Waals surface area contributed by atoms with Crippen LogP contribution in [0.2, 0.25) is 0 Å². The molecule has 1 heteroatoms. The van der Waals surface area contributed by atoms with E-state index in [9.17, 15) is 5.11 Å². The molecule has 0 saturated carbocycles. The molecule has 2 unspecified atom stereocenters. The zero-order valence-electron chi connectivity index (χ0n) is 10.8. The first-order valence-corrected chi connectivity index (χ1v) is 6.40. The third-order valence-corrected chi connectivity index (χ3v) is 3.08. The summed E-state index contributed by atoms with van der Waals surface area (Å²) in [5, 5.41) is 10.1. The van der Waals surface area contributed by atoms with Gasteiger partial charge in [-0.3, -0.25) is 0 Å². The Kier molecular flexibility index (Phi) is 4.71. The van der Waals surface area contributed by atoms with Crippen LogP contribution in [0.15, 0.2) is 85.5 Å². The average Bonchev–Trinajstić information content (AvgIpc) is 2.49. The molecule has 2 aromatic carbocycles. The second kappa shape index (κ2) is 6.72. The quantitative estimate of drug-likeness (QED) is 0.787. The molecular formula is C18H18O. The van der Waals surface area contributed by atoms with E-state index in [1.165, 1.54) is 5.56 Å². The highest BCUT2D eigenvalue weighted by atomic mass is 16.3. The minimum Gasteiger partial charge on any atom is -0.384 e. The summed E-state index contributed by atoms with van der Waals surface area (Å²) in [6.45, 7) is 3.86. The van der Waals surface area contributed by atoms with E-state index >= 15 is 0 Å². The second-order valence-corrected chi connectivity index (χ2v) is 4.41. The minimum absolute atomic E-state index is 0.125. The normalized spacial score (nSPS) is 14.2. The lowest BCUT2D eigenvalue weighted by atomic mass is 9.97. The molecule has 0 spiro atoms. The molecule has 2 atom stereocenters. The predicted octanol–water partition coefficient (Wildman–Crippen LogP) is 4.25. The lowest BCUT2D eigenvalue weighted by Gasteiger charge is -2.10. The number of allylic oxidation sites excluding steroid dienone is 2. The Hall–Kier alpha value is -2.12. The van der Waals surface area contributed by atoms with Crippen LogP contribution in [0.1, 0.15) is 23.1 Å². The van der Waals surface area contributed by atoms with Gasteiger partial charge in [-0.2, -0.15) is 0 Å². The van der Waals surface area contributed by atoms with Gasteiger partial charge in [0.15, 0.2) is 0 Å². The van der Waals surface area contributed by atoms with Gasteiger partial charge >= 0.3 is 0 Å². The van der Waals surface area contributed by atoms with Crippen molar-refractivity contribution in [3.05, 3.63) is 96.6 Å². The Labute approximate surface area is 114 Å². The van der Waals surface area contributed by atoms with Crippen molar-refractivity contribution in [2.75, 3.05) is 0 Å². The van der Waals surface area contributed by atoms with Gasteiger partial charge in [-0.05, 0) is 11.1 Å². The largest absolute Gasteiger partial charge is 0.384 e. The highest BCUT2D eigenvalue weighted by molar-refractivity contribution is 5.29. The van der Waals surface area contributed by atoms with Crippen molar-refractivity contribution in [3.63, 3.8) is 0 Å². The van der Waals surface area contributed by atoms with E-state index in [4.69, 9.17) is 0 Å². The van der Waals surface area contributed by atoms with Crippen LogP contribution in [0.3, 0.4) is 0 Å². The summed E-state index contributed by atoms with van der Waals surface area (Å²) in [4.78, 5) is 0. The van der Waals surface area contributed by atoms with E-state index in [0.717, 1.165) is 5.56 Å². The molecule has 1 N–H and O–H groups in total. The van der Waals surface area contributed by atoms with Gasteiger partial charge in [-0.15, -0.1) is 6.58 Å². The minimum atomic E-state index is -0.577. The first-order chi connectivity index (χ1) is 9.31. The van der Waals surface area contributed by atoms with Crippen molar-refractivity contribution in [1.29, 1.82) is 0 Å². The zero-order valence-corrected chi connectivity index (χ0v) is 10.8. The lowest BCUT2D eigenvalue weighted by Crippen LogP contribution is -1.95. The maximum atomic E-state index is 10.1. The molecule has 0 saturated heterocycles. The van der Waals surface area contributed by atoms with Gasteiger partial charge in [0.2, 0.25) is 0 Å². The van der Waals surface area contributed by atoms with Crippen LogP contribution >= 0.6 is 0 Å². The summed E-state index contributed by atoms with van der Waals surface area (Å²) in [6, 6.07) is 19.8. The van der Waals surface area contributed by atoms with Gasteiger partial charge in [0.05, 0.1) is 6.10 Å². The number of rotatable bonds is 5. The molecule has 2 aromatic rings. The molecule has 0 aliphatic heterocycles. The molecule has 0 aliphatic rings. The SMILES string of the molecule is C=CC(/C=C\C(O)c1ccccc1)c1ccccc1. The van der Waals surface area contributed by atoms with E-state index in [2.05, 4.69) is 18.7 Å². The summed E-state index contributed by atoms with van der Waals surface area (Å²) < 4.78 is 0. The van der Waals surface area contributed by atoms with Crippen molar-refractivity contribution < 1.29 is 5.11 Å². The lowest BCUT2D eigenvalue weighted by molar-refractivity contribution is 0.228. The van der Waals surface area contributed by atoms with Crippen LogP contribution in [-0.4, -0.2) is 5.11 Å². The summed E-state index contributed by atoms with van der Waals surface area (Å²) in [6.07, 6.45) is 5.10. The average molecular weight is 250 g/mol. The number of hydrogen-bond acceptors (Lipinski definition) is 1. The fourth-order valence-corrected chi connectivity index (χ4v) is 1.99. The first-order valence-electron chi connectivity index (χ1n) is 6.40. The van der Waals surface area contributed by atoms with E-state index < -0.39 is 6.10 Å². The van der Waals surface area contributed by atoms with Crippen molar-refractivity contribution in [2.45, 2.75) is 12.0 Å². The van der Waals surface area contributed by atoms with Gasteiger partial charge in [-0.1, -0.05) is 78.9 Å². The zero-order chi connectivity index (χ0) is 13.5. The van der Waals surface area contributed by atoms with Crippen LogP contribution in [0.25, 0.3) is 0 Å². The molecular weight excluding hydrogens is 232 g/mol. The molecule has 0 aromatic heterocycles. The van der Waals surface area contributed by atoms with E-state index in [-0.39, 0.29) is 5.92 Å². The maximum absolute atomic E-state index is 10.1. The molecule has 0 amide bonds. The molecule has 0 radical (unpaired) electrons. The Morgan fingerprint density at radius 1 is 0.789 bits per heavy atom. The number of aliphatic hydroxyl groups is 1. The maximum Gasteiger partial charge on any atom is 0.0972 e. The fourth-order valence-electron chi connectivity index (χ4n) is 1.99. The van der Waals surface area contributed by atoms with Crippen LogP contribution in [0, 0.1) is 0 Å². The first kappa shape index (κ1) is 13.3. The molecule has 0 heterocycles. The summed E-state index contributed by atoms with van der Waals surface area (Å²) in [5.74, 6) is 0.125. The number of hydrogen-bond donors (Lipinski definition) is 1. The van der Waals surface area contributed by atoms with Crippen LogP contribution in [-0.2, 0) is 0 Å². The standard InChI is InChI=1S/C18H18O/c1-2-15(16-9-5-3-6-10-16)13-14-18(19)17-11-7-4-8-12-17/h2-15,18-19H,1H2/b14-13-. The van der Waals surface area contributed by atoms with Crippen molar-refractivity contribution >= 4 is 0 Å². The van der Waals surface area contributed by atoms with Gasteiger partial charge in [0, 0.05) is 5.92 Å². The molecule has 19 heavy (non-hydrogen) atoms. The van der Waals surface area contributed by atoms with Crippen molar-refractivity contribution in [3.8, 4) is 0 Å². The van der Waals surface area contributed by atoms with Gasteiger partial charge in [0.25, 0.3) is 0 Å². The fraction of sp³-hybridized carbons (Fsp3) is 0.111. The third-order valence-electron chi connectivity index (χ3n) is 3.08. The topological polar surface area (TPSA) is 20.2 Å². The van der Waals surface area contributed by atoms with E-state index in [1.54, 1.807) is 0 Å². The Bertz CT molecular complexity index is 528. The Morgan fingerprint density at radius 3 is 1.84 bits per heavy atom. The number of aliphatic hydroxyl groups excluding tert-OH is 1. The van der Waals surface area contributed by atoms with Gasteiger partial charge in [0.1, 0.15) is 0 Å². The van der Waals surface area contributed by atoms with Crippen LogP contribution < -0.4 is 0 Å². The highest BCUT2D eigenvalue weighted by Gasteiger charge is 2.05. The van der Waals surface area contributed by atoms with Crippen molar-refractivity contribution in [2.24, 2.45) is 0 Å². The molecule has 0 fully saturated rings. The van der Waals surface area contributed by atoms with Gasteiger partial charge in [-0.25, -0.2) is 0 Å². The molecule has 0 bridgehead atoms. The molecule has 96 valence electrons. The predicted molar refractivity (Wildman–Crippen MR) is 79.9 cm³/mol. The van der Waals surface area contributed by atoms with E-state index in [1.807, 2.05) is 66.8 Å². The van der Waals surface area contributed by atoms with Gasteiger partial charge < -0.3 is 5.11 Å². The number of benzene rings is 2.